The Morgan fingerprint density at radius 1 is 1.50 bits per heavy atom. The van der Waals surface area contributed by atoms with Crippen LogP contribution >= 0.6 is 11.6 Å². The van der Waals surface area contributed by atoms with Gasteiger partial charge in [-0.05, 0) is 18.2 Å². The molecule has 1 aliphatic rings. The summed E-state index contributed by atoms with van der Waals surface area (Å²) in [5.41, 5.74) is 0.581. The van der Waals surface area contributed by atoms with Crippen LogP contribution in [0.2, 0.25) is 5.02 Å². The van der Waals surface area contributed by atoms with Gasteiger partial charge in [0, 0.05) is 10.6 Å². The molecule has 0 aliphatic carbocycles. The number of benzene rings is 1. The van der Waals surface area contributed by atoms with E-state index in [2.05, 4.69) is 4.74 Å². The fraction of sp³-hybridized carbons (Fsp3) is 0.333. The van der Waals surface area contributed by atoms with Gasteiger partial charge in [0.25, 0.3) is 0 Å². The zero-order valence-electron chi connectivity index (χ0n) is 7.04. The van der Waals surface area contributed by atoms with E-state index in [1.54, 1.807) is 6.07 Å². The summed E-state index contributed by atoms with van der Waals surface area (Å²) in [6.45, 7) is -2.30. The zero-order chi connectivity index (χ0) is 10.1. The Labute approximate surface area is 84.4 Å². The van der Waals surface area contributed by atoms with Gasteiger partial charge in [0.1, 0.15) is 11.9 Å². The van der Waals surface area contributed by atoms with Crippen molar-refractivity contribution in [1.29, 1.82) is 0 Å². The Balaban J connectivity index is 2.27. The van der Waals surface area contributed by atoms with Crippen LogP contribution in [0, 0.1) is 0 Å². The summed E-state index contributed by atoms with van der Waals surface area (Å²) in [5, 5.41) is 0.483. The second-order valence-corrected chi connectivity index (χ2v) is 3.32. The summed E-state index contributed by atoms with van der Waals surface area (Å²) in [7, 11) is 0. The van der Waals surface area contributed by atoms with Gasteiger partial charge in [-0.1, -0.05) is 11.6 Å². The monoisotopic (exact) mass is 220 g/mol. The van der Waals surface area contributed by atoms with Crippen LogP contribution in [0.1, 0.15) is 11.7 Å². The number of halogens is 3. The largest absolute Gasteiger partial charge is 0.434 e. The minimum absolute atomic E-state index is 0.131. The first kappa shape index (κ1) is 9.68. The quantitative estimate of drug-likeness (QED) is 0.731. The van der Waals surface area contributed by atoms with Gasteiger partial charge in [0.05, 0.1) is 6.61 Å². The molecule has 1 aliphatic heterocycles. The van der Waals surface area contributed by atoms with Crippen LogP contribution in [0.5, 0.6) is 5.75 Å². The standard InChI is InChI=1S/C9H7ClF2O2/c10-5-1-2-7(14-9(11)12)6(3-5)8-4-13-8/h1-3,8-9H,4H2/t8-/m0/s1. The van der Waals surface area contributed by atoms with Crippen LogP contribution in [0.4, 0.5) is 8.78 Å². The third kappa shape index (κ3) is 2.13. The van der Waals surface area contributed by atoms with Crippen LogP contribution in [0.15, 0.2) is 18.2 Å². The maximum atomic E-state index is 12.0. The predicted molar refractivity (Wildman–Crippen MR) is 46.8 cm³/mol. The van der Waals surface area contributed by atoms with Crippen molar-refractivity contribution in [2.45, 2.75) is 12.7 Å². The van der Waals surface area contributed by atoms with Crippen molar-refractivity contribution in [3.63, 3.8) is 0 Å². The molecule has 2 rings (SSSR count). The average Bonchev–Trinajstić information content (AvgIpc) is 2.90. The predicted octanol–water partition coefficient (Wildman–Crippen LogP) is 3.01. The molecule has 0 radical (unpaired) electrons. The molecule has 0 N–H and O–H groups in total. The van der Waals surface area contributed by atoms with Crippen molar-refractivity contribution in [2.75, 3.05) is 6.61 Å². The highest BCUT2D eigenvalue weighted by Gasteiger charge is 2.29. The second kappa shape index (κ2) is 3.71. The summed E-state index contributed by atoms with van der Waals surface area (Å²) in [5.74, 6) is 0.131. The Hall–Kier alpha value is -0.870. The fourth-order valence-electron chi connectivity index (χ4n) is 1.20. The molecule has 76 valence electrons. The molecule has 1 fully saturated rings. The second-order valence-electron chi connectivity index (χ2n) is 2.88. The molecule has 0 bridgehead atoms. The molecule has 1 aromatic rings. The van der Waals surface area contributed by atoms with Crippen LogP contribution in [-0.4, -0.2) is 13.2 Å². The first-order valence-electron chi connectivity index (χ1n) is 4.02. The molecule has 1 atom stereocenters. The lowest BCUT2D eigenvalue weighted by molar-refractivity contribution is -0.0506. The number of hydrogen-bond donors (Lipinski definition) is 0. The smallest absolute Gasteiger partial charge is 0.387 e. The van der Waals surface area contributed by atoms with Gasteiger partial charge >= 0.3 is 6.61 Å². The molecule has 0 amide bonds. The number of rotatable bonds is 3. The molecule has 1 heterocycles. The van der Waals surface area contributed by atoms with Gasteiger partial charge in [-0.15, -0.1) is 0 Å². The molecule has 2 nitrogen and oxygen atoms in total. The maximum absolute atomic E-state index is 12.0. The van der Waals surface area contributed by atoms with E-state index in [4.69, 9.17) is 16.3 Å². The molecule has 0 aromatic heterocycles. The molecule has 0 spiro atoms. The zero-order valence-corrected chi connectivity index (χ0v) is 7.80. The number of epoxide rings is 1. The van der Waals surface area contributed by atoms with E-state index in [0.717, 1.165) is 0 Å². The van der Waals surface area contributed by atoms with E-state index in [-0.39, 0.29) is 11.9 Å². The normalized spacial score (nSPS) is 19.9. The molecular formula is C9H7ClF2O2. The van der Waals surface area contributed by atoms with E-state index in [1.165, 1.54) is 12.1 Å². The molecule has 0 unspecified atom stereocenters. The van der Waals surface area contributed by atoms with E-state index >= 15 is 0 Å². The van der Waals surface area contributed by atoms with Crippen LogP contribution in [0.25, 0.3) is 0 Å². The number of ether oxygens (including phenoxy) is 2. The molecule has 1 saturated heterocycles. The van der Waals surface area contributed by atoms with E-state index in [1.807, 2.05) is 0 Å². The first-order valence-corrected chi connectivity index (χ1v) is 4.40. The number of alkyl halides is 2. The summed E-state index contributed by atoms with van der Waals surface area (Å²) in [6.07, 6.45) is -0.151. The fourth-order valence-corrected chi connectivity index (χ4v) is 1.38. The molecule has 1 aromatic carbocycles. The van der Waals surface area contributed by atoms with Crippen molar-refractivity contribution in [3.8, 4) is 5.75 Å². The Morgan fingerprint density at radius 2 is 2.21 bits per heavy atom. The van der Waals surface area contributed by atoms with Crippen LogP contribution < -0.4 is 4.74 Å². The lowest BCUT2D eigenvalue weighted by atomic mass is 10.1. The maximum Gasteiger partial charge on any atom is 0.387 e. The molecule has 5 heteroatoms. The Kier molecular flexibility index (Phi) is 2.56. The lowest BCUT2D eigenvalue weighted by Crippen LogP contribution is -2.04. The van der Waals surface area contributed by atoms with E-state index in [0.29, 0.717) is 17.2 Å². The molecule has 14 heavy (non-hydrogen) atoms. The molecule has 0 saturated carbocycles. The van der Waals surface area contributed by atoms with E-state index in [9.17, 15) is 8.78 Å². The van der Waals surface area contributed by atoms with Crippen molar-refractivity contribution in [2.24, 2.45) is 0 Å². The van der Waals surface area contributed by atoms with Gasteiger partial charge < -0.3 is 9.47 Å². The van der Waals surface area contributed by atoms with Gasteiger partial charge in [-0.25, -0.2) is 0 Å². The SMILES string of the molecule is FC(F)Oc1ccc(Cl)cc1[C@@H]1CO1. The topological polar surface area (TPSA) is 21.8 Å². The van der Waals surface area contributed by atoms with Gasteiger partial charge in [0.15, 0.2) is 0 Å². The van der Waals surface area contributed by atoms with Crippen LogP contribution in [-0.2, 0) is 4.74 Å². The van der Waals surface area contributed by atoms with E-state index < -0.39 is 6.61 Å². The van der Waals surface area contributed by atoms with Crippen molar-refractivity contribution >= 4 is 11.6 Å². The average molecular weight is 221 g/mol. The highest BCUT2D eigenvalue weighted by atomic mass is 35.5. The Morgan fingerprint density at radius 3 is 2.79 bits per heavy atom. The molecular weight excluding hydrogens is 214 g/mol. The van der Waals surface area contributed by atoms with Gasteiger partial charge in [0.2, 0.25) is 0 Å². The van der Waals surface area contributed by atoms with Crippen LogP contribution in [0.3, 0.4) is 0 Å². The van der Waals surface area contributed by atoms with Gasteiger partial charge in [-0.2, -0.15) is 8.78 Å². The lowest BCUT2D eigenvalue weighted by Gasteiger charge is -2.08. The third-order valence-corrected chi connectivity index (χ3v) is 2.10. The van der Waals surface area contributed by atoms with Gasteiger partial charge in [-0.3, -0.25) is 0 Å². The highest BCUT2D eigenvalue weighted by molar-refractivity contribution is 6.30. The Bertz CT molecular complexity index is 340. The highest BCUT2D eigenvalue weighted by Crippen LogP contribution is 2.38. The summed E-state index contributed by atoms with van der Waals surface area (Å²) in [4.78, 5) is 0. The minimum atomic E-state index is -2.83. The third-order valence-electron chi connectivity index (χ3n) is 1.87. The summed E-state index contributed by atoms with van der Waals surface area (Å²) in [6, 6.07) is 4.51. The minimum Gasteiger partial charge on any atom is -0.434 e. The summed E-state index contributed by atoms with van der Waals surface area (Å²) < 4.78 is 33.3. The first-order chi connectivity index (χ1) is 6.66. The van der Waals surface area contributed by atoms with Crippen molar-refractivity contribution < 1.29 is 18.3 Å². The van der Waals surface area contributed by atoms with Crippen molar-refractivity contribution in [1.82, 2.24) is 0 Å². The number of hydrogen-bond acceptors (Lipinski definition) is 2. The van der Waals surface area contributed by atoms with Crippen molar-refractivity contribution in [3.05, 3.63) is 28.8 Å². The summed E-state index contributed by atoms with van der Waals surface area (Å²) >= 11 is 5.73.